The van der Waals surface area contributed by atoms with Crippen molar-refractivity contribution in [3.8, 4) is 0 Å². The molecule has 2 N–H and O–H groups in total. The molecule has 8 rings (SSSR count). The van der Waals surface area contributed by atoms with Crippen LogP contribution in [0.2, 0.25) is 0 Å². The van der Waals surface area contributed by atoms with E-state index in [1.807, 2.05) is 56.6 Å². The van der Waals surface area contributed by atoms with Gasteiger partial charge in [-0.3, -0.25) is 0 Å². The van der Waals surface area contributed by atoms with E-state index in [2.05, 4.69) is 115 Å². The van der Waals surface area contributed by atoms with Crippen LogP contribution in [0.5, 0.6) is 0 Å². The van der Waals surface area contributed by atoms with Crippen LogP contribution in [0.3, 0.4) is 0 Å². The molecule has 0 bridgehead atoms. The Kier molecular flexibility index (Phi) is 28.7. The Labute approximate surface area is 452 Å². The number of nitrogens with zero attached hydrogens (tertiary/aromatic N) is 8. The standard InChI is InChI=1S/2C25H29N5OS.4ClH.Zn/c2*26-24(31)15-16-29-17-18-32-25(29)28-27-21-11-13-23(14-12-21)30(22-9-5-2-6-10-22)19-20-7-3-1-4-8-20;;;;;/h2*1,3-4,7-8,11-14,17-18,22H,2,5-6,9-10,15-16,19H2,(H-,26,31);4*1H;/q;;;;;;+2/p-2. The van der Waals surface area contributed by atoms with Gasteiger partial charge in [-0.15, -0.1) is 24.8 Å². The molecule has 2 aliphatic rings. The number of halogens is 4. The second-order valence-electron chi connectivity index (χ2n) is 16.3. The van der Waals surface area contributed by atoms with Gasteiger partial charge in [-0.05, 0) is 130 Å². The van der Waals surface area contributed by atoms with Crippen molar-refractivity contribution in [1.82, 2.24) is 0 Å². The van der Waals surface area contributed by atoms with Gasteiger partial charge in [0, 0.05) is 60.1 Å². The summed E-state index contributed by atoms with van der Waals surface area (Å²) in [5, 5.41) is 58.9. The van der Waals surface area contributed by atoms with E-state index in [0.717, 1.165) is 34.7 Å². The third-order valence-corrected chi connectivity index (χ3v) is 13.3. The van der Waals surface area contributed by atoms with Crippen molar-refractivity contribution >= 4 is 92.3 Å². The van der Waals surface area contributed by atoms with Crippen molar-refractivity contribution in [2.24, 2.45) is 20.5 Å². The molecule has 6 aromatic rings. The van der Waals surface area contributed by atoms with Gasteiger partial charge in [0.25, 0.3) is 0 Å². The van der Waals surface area contributed by atoms with E-state index in [-0.39, 0.29) is 81.9 Å². The first-order chi connectivity index (χ1) is 31.4. The summed E-state index contributed by atoms with van der Waals surface area (Å²) < 4.78 is 3.72. The number of azo groups is 2. The first kappa shape index (κ1) is 60.8. The molecule has 0 unspecified atom stereocenters. The summed E-state index contributed by atoms with van der Waals surface area (Å²) in [5.74, 6) is -1.14. The SMILES string of the molecule is Cl.Cl.N=C([O-])CC[n+]1ccsc1N=Nc1ccc(N(Cc2ccccc2)C2CCCCC2)cc1.N=C([O-])CC[n+]1ccsc1N=Nc1ccc(N(Cc2ccccc2)C2CCCCC2)cc1.[Cl-].[Cl-].[Zn+2]. The molecule has 69 heavy (non-hydrogen) atoms. The van der Waals surface area contributed by atoms with Crippen molar-refractivity contribution < 1.29 is 63.6 Å². The summed E-state index contributed by atoms with van der Waals surface area (Å²) in [5.41, 5.74) is 6.70. The van der Waals surface area contributed by atoms with Gasteiger partial charge in [-0.2, -0.15) is 0 Å². The number of benzene rings is 4. The molecule has 364 valence electrons. The van der Waals surface area contributed by atoms with E-state index in [1.165, 1.54) is 109 Å². The zero-order chi connectivity index (χ0) is 44.4. The van der Waals surface area contributed by atoms with Crippen molar-refractivity contribution in [3.05, 3.63) is 143 Å². The normalized spacial score (nSPS) is 13.6. The molecule has 0 radical (unpaired) electrons. The summed E-state index contributed by atoms with van der Waals surface area (Å²) in [4.78, 5) is 5.08. The summed E-state index contributed by atoms with van der Waals surface area (Å²) in [7, 11) is 0. The minimum atomic E-state index is -0.569. The van der Waals surface area contributed by atoms with Crippen molar-refractivity contribution in [2.75, 3.05) is 9.80 Å². The minimum absolute atomic E-state index is 0. The molecular formula is C50H60Cl4N10O2S2Zn. The van der Waals surface area contributed by atoms with Gasteiger partial charge < -0.3 is 55.6 Å². The van der Waals surface area contributed by atoms with Gasteiger partial charge >= 0.3 is 29.7 Å². The number of hydrogen-bond acceptors (Lipinski definition) is 12. The van der Waals surface area contributed by atoms with Crippen LogP contribution in [0.4, 0.5) is 33.0 Å². The largest absolute Gasteiger partial charge is 2.00 e. The van der Waals surface area contributed by atoms with Crippen LogP contribution in [0.15, 0.2) is 153 Å². The van der Waals surface area contributed by atoms with E-state index >= 15 is 0 Å². The van der Waals surface area contributed by atoms with Crippen LogP contribution in [0, 0.1) is 10.8 Å². The van der Waals surface area contributed by atoms with Gasteiger partial charge in [0.1, 0.15) is 23.8 Å². The van der Waals surface area contributed by atoms with Crippen LogP contribution in [0.25, 0.3) is 0 Å². The fraction of sp³-hybridized carbons (Fsp3) is 0.360. The summed E-state index contributed by atoms with van der Waals surface area (Å²) in [6.45, 7) is 2.73. The van der Waals surface area contributed by atoms with Gasteiger partial charge in [0.05, 0.1) is 23.3 Å². The number of thiazole rings is 2. The number of anilines is 2. The Morgan fingerprint density at radius 1 is 0.522 bits per heavy atom. The molecule has 2 fully saturated rings. The Balaban J connectivity index is 0.000000441. The van der Waals surface area contributed by atoms with Crippen LogP contribution in [0.1, 0.15) is 88.2 Å². The van der Waals surface area contributed by atoms with Gasteiger partial charge in [0.2, 0.25) is 0 Å². The summed E-state index contributed by atoms with van der Waals surface area (Å²) in [6, 6.07) is 39.1. The second kappa shape index (κ2) is 32.5. The molecule has 0 saturated heterocycles. The van der Waals surface area contributed by atoms with E-state index in [0.29, 0.717) is 25.2 Å². The van der Waals surface area contributed by atoms with Crippen LogP contribution >= 0.6 is 47.5 Å². The minimum Gasteiger partial charge on any atom is -1.00 e. The maximum atomic E-state index is 10.9. The molecular weight excluding hydrogens is 1040 g/mol. The van der Waals surface area contributed by atoms with Crippen molar-refractivity contribution in [3.63, 3.8) is 0 Å². The molecule has 2 aromatic heterocycles. The predicted molar refractivity (Wildman–Crippen MR) is 268 cm³/mol. The van der Waals surface area contributed by atoms with Gasteiger partial charge in [-0.25, -0.2) is 9.13 Å². The maximum Gasteiger partial charge on any atom is 2.00 e. The smallest absolute Gasteiger partial charge is 1.00 e. The van der Waals surface area contributed by atoms with Crippen LogP contribution < -0.4 is 54.0 Å². The maximum absolute atomic E-state index is 10.9. The molecule has 0 spiro atoms. The Morgan fingerprint density at radius 3 is 1.20 bits per heavy atom. The molecule has 19 heteroatoms. The molecule has 0 aliphatic heterocycles. The first-order valence-electron chi connectivity index (χ1n) is 22.5. The van der Waals surface area contributed by atoms with E-state index < -0.39 is 11.8 Å². The number of hydrogen-bond donors (Lipinski definition) is 2. The molecule has 4 aromatic carbocycles. The fourth-order valence-electron chi connectivity index (χ4n) is 8.37. The third kappa shape index (κ3) is 19.4. The predicted octanol–water partition coefficient (Wildman–Crippen LogP) is 5.89. The Bertz CT molecular complexity index is 2250. The first-order valence-corrected chi connectivity index (χ1v) is 24.2. The fourth-order valence-corrected chi connectivity index (χ4v) is 9.78. The molecule has 2 heterocycles. The Hall–Kier alpha value is -4.34. The zero-order valence-corrected chi connectivity index (χ0v) is 46.4. The Morgan fingerprint density at radius 2 is 0.870 bits per heavy atom. The molecule has 0 atom stereocenters. The van der Waals surface area contributed by atoms with E-state index in [4.69, 9.17) is 10.8 Å². The molecule has 0 amide bonds. The van der Waals surface area contributed by atoms with Gasteiger partial charge in [0.15, 0.2) is 0 Å². The summed E-state index contributed by atoms with van der Waals surface area (Å²) in [6.07, 6.45) is 17.0. The zero-order valence-electron chi connectivity index (χ0n) is 38.7. The number of nitrogens with one attached hydrogen (secondary N) is 2. The number of rotatable bonds is 18. The molecule has 12 nitrogen and oxygen atoms in total. The topological polar surface area (TPSA) is 158 Å². The van der Waals surface area contributed by atoms with Crippen molar-refractivity contribution in [1.29, 1.82) is 10.8 Å². The monoisotopic (exact) mass is 1100 g/mol. The van der Waals surface area contributed by atoms with Gasteiger partial charge in [-0.1, -0.05) is 99.2 Å². The van der Waals surface area contributed by atoms with E-state index in [9.17, 15) is 10.2 Å². The van der Waals surface area contributed by atoms with E-state index in [1.54, 1.807) is 0 Å². The third-order valence-electron chi connectivity index (χ3n) is 11.8. The molecule has 2 saturated carbocycles. The average Bonchev–Trinajstić information content (AvgIpc) is 4.01. The molecule has 2 aliphatic carbocycles. The second-order valence-corrected chi connectivity index (χ2v) is 18.1. The number of aromatic nitrogens is 2. The average molecular weight is 1100 g/mol. The van der Waals surface area contributed by atoms with Crippen LogP contribution in [-0.4, -0.2) is 23.9 Å². The van der Waals surface area contributed by atoms with Crippen LogP contribution in [-0.2, 0) is 45.7 Å². The number of aryl methyl sites for hydroxylation is 2. The quantitative estimate of drug-likeness (QED) is 0.0362. The van der Waals surface area contributed by atoms with Crippen molar-refractivity contribution in [2.45, 2.75) is 115 Å². The summed E-state index contributed by atoms with van der Waals surface area (Å²) >= 11 is 2.94.